The minimum absolute atomic E-state index is 0.774. The Morgan fingerprint density at radius 2 is 1.71 bits per heavy atom. The van der Waals surface area contributed by atoms with Crippen LogP contribution in [0.4, 0.5) is 5.69 Å². The first kappa shape index (κ1) is 9.80. The number of nitrogens with two attached hydrogens (primary N) is 1. The van der Waals surface area contributed by atoms with Crippen molar-refractivity contribution in [2.75, 3.05) is 5.73 Å². The third-order valence-corrected chi connectivity index (χ3v) is 3.20. The Hall–Kier alpha value is -2.40. The Balaban J connectivity index is 2.57. The van der Waals surface area contributed by atoms with E-state index in [4.69, 9.17) is 12.2 Å². The van der Waals surface area contributed by atoms with Crippen LogP contribution in [0.1, 0.15) is 5.56 Å². The minimum atomic E-state index is 0.774. The van der Waals surface area contributed by atoms with Crippen molar-refractivity contribution < 1.29 is 0 Å². The van der Waals surface area contributed by atoms with E-state index < -0.39 is 0 Å². The number of nitrogen functional groups attached to an aromatic ring is 1. The lowest BCUT2D eigenvalue weighted by molar-refractivity contribution is 1.01. The Morgan fingerprint density at radius 1 is 1.06 bits per heavy atom. The molecule has 0 saturated carbocycles. The van der Waals surface area contributed by atoms with Gasteiger partial charge in [0.2, 0.25) is 0 Å². The van der Waals surface area contributed by atoms with E-state index >= 15 is 0 Å². The highest BCUT2D eigenvalue weighted by molar-refractivity contribution is 6.09. The van der Waals surface area contributed by atoms with E-state index in [9.17, 15) is 0 Å². The molecule has 0 aliphatic heterocycles. The van der Waals surface area contributed by atoms with Gasteiger partial charge in [-0.3, -0.25) is 0 Å². The van der Waals surface area contributed by atoms with Crippen LogP contribution in [0, 0.1) is 12.3 Å². The highest BCUT2D eigenvalue weighted by atomic mass is 14.9. The quantitative estimate of drug-likeness (QED) is 0.458. The highest BCUT2D eigenvalue weighted by Gasteiger charge is 2.08. The molecule has 0 saturated heterocycles. The lowest BCUT2D eigenvalue weighted by Gasteiger charge is -1.97. The van der Waals surface area contributed by atoms with Crippen molar-refractivity contribution in [2.45, 2.75) is 0 Å². The summed E-state index contributed by atoms with van der Waals surface area (Å²) < 4.78 is 2.16. The van der Waals surface area contributed by atoms with Gasteiger partial charge >= 0.3 is 0 Å². The van der Waals surface area contributed by atoms with Crippen LogP contribution in [0.25, 0.3) is 21.8 Å². The SMILES string of the molecule is C#Cc1ccc2c(c1)c1cc(N)ccc1n2C. The smallest absolute Gasteiger partial charge is 0.0490 e. The highest BCUT2D eigenvalue weighted by Crippen LogP contribution is 2.30. The average molecular weight is 220 g/mol. The van der Waals surface area contributed by atoms with Crippen molar-refractivity contribution in [3.05, 3.63) is 42.0 Å². The molecule has 0 atom stereocenters. The molecule has 2 N–H and O–H groups in total. The Labute approximate surface area is 99.6 Å². The molecule has 0 spiro atoms. The molecular formula is C15H12N2. The summed E-state index contributed by atoms with van der Waals surface area (Å²) in [5.74, 6) is 2.67. The summed E-state index contributed by atoms with van der Waals surface area (Å²) in [6.45, 7) is 0. The van der Waals surface area contributed by atoms with E-state index in [1.54, 1.807) is 0 Å². The molecule has 1 heterocycles. The van der Waals surface area contributed by atoms with Gasteiger partial charge in [0.15, 0.2) is 0 Å². The third kappa shape index (κ3) is 1.29. The van der Waals surface area contributed by atoms with E-state index in [1.165, 1.54) is 11.0 Å². The number of rotatable bonds is 0. The Kier molecular flexibility index (Phi) is 1.90. The lowest BCUT2D eigenvalue weighted by Crippen LogP contribution is -1.87. The van der Waals surface area contributed by atoms with Crippen molar-refractivity contribution in [1.29, 1.82) is 0 Å². The Morgan fingerprint density at radius 3 is 2.41 bits per heavy atom. The largest absolute Gasteiger partial charge is 0.399 e. The summed E-state index contributed by atoms with van der Waals surface area (Å²) in [6, 6.07) is 12.0. The van der Waals surface area contributed by atoms with Crippen molar-refractivity contribution in [1.82, 2.24) is 4.57 Å². The van der Waals surface area contributed by atoms with Gasteiger partial charge in [0.1, 0.15) is 0 Å². The van der Waals surface area contributed by atoms with Gasteiger partial charge in [-0.2, -0.15) is 0 Å². The molecule has 0 amide bonds. The maximum Gasteiger partial charge on any atom is 0.0490 e. The molecule has 0 radical (unpaired) electrons. The predicted molar refractivity (Wildman–Crippen MR) is 72.8 cm³/mol. The molecule has 82 valence electrons. The summed E-state index contributed by atoms with van der Waals surface area (Å²) >= 11 is 0. The van der Waals surface area contributed by atoms with Crippen LogP contribution >= 0.6 is 0 Å². The average Bonchev–Trinajstić information content (AvgIpc) is 2.62. The first-order valence-electron chi connectivity index (χ1n) is 5.45. The number of hydrogen-bond acceptors (Lipinski definition) is 1. The van der Waals surface area contributed by atoms with E-state index in [-0.39, 0.29) is 0 Å². The number of hydrogen-bond donors (Lipinski definition) is 1. The van der Waals surface area contributed by atoms with Gasteiger partial charge in [-0.15, -0.1) is 6.42 Å². The van der Waals surface area contributed by atoms with Crippen LogP contribution in [-0.2, 0) is 7.05 Å². The van der Waals surface area contributed by atoms with Crippen LogP contribution in [0.15, 0.2) is 36.4 Å². The lowest BCUT2D eigenvalue weighted by atomic mass is 10.1. The molecule has 2 heteroatoms. The molecule has 0 fully saturated rings. The van der Waals surface area contributed by atoms with Crippen molar-refractivity contribution in [3.8, 4) is 12.3 Å². The van der Waals surface area contributed by atoms with E-state index in [0.29, 0.717) is 0 Å². The summed E-state index contributed by atoms with van der Waals surface area (Å²) in [6.07, 6.45) is 5.44. The molecule has 3 rings (SSSR count). The molecule has 2 nitrogen and oxygen atoms in total. The molecule has 0 bridgehead atoms. The van der Waals surface area contributed by atoms with Crippen molar-refractivity contribution in [3.63, 3.8) is 0 Å². The zero-order chi connectivity index (χ0) is 12.0. The van der Waals surface area contributed by atoms with Gasteiger partial charge in [0.05, 0.1) is 0 Å². The fourth-order valence-corrected chi connectivity index (χ4v) is 2.33. The second-order valence-corrected chi connectivity index (χ2v) is 4.21. The molecule has 3 aromatic rings. The van der Waals surface area contributed by atoms with Crippen LogP contribution in [-0.4, -0.2) is 4.57 Å². The van der Waals surface area contributed by atoms with Gasteiger partial charge < -0.3 is 10.3 Å². The summed E-state index contributed by atoms with van der Waals surface area (Å²) in [4.78, 5) is 0. The topological polar surface area (TPSA) is 30.9 Å². The van der Waals surface area contributed by atoms with Crippen LogP contribution in [0.2, 0.25) is 0 Å². The van der Waals surface area contributed by atoms with E-state index in [2.05, 4.69) is 23.6 Å². The fourth-order valence-electron chi connectivity index (χ4n) is 2.33. The second-order valence-electron chi connectivity index (χ2n) is 4.21. The first-order valence-corrected chi connectivity index (χ1v) is 5.45. The van der Waals surface area contributed by atoms with Crippen molar-refractivity contribution in [2.24, 2.45) is 7.05 Å². The van der Waals surface area contributed by atoms with Gasteiger partial charge in [-0.05, 0) is 36.4 Å². The van der Waals surface area contributed by atoms with E-state index in [0.717, 1.165) is 22.0 Å². The van der Waals surface area contributed by atoms with Crippen molar-refractivity contribution >= 4 is 27.5 Å². The monoisotopic (exact) mass is 220 g/mol. The number of aromatic nitrogens is 1. The zero-order valence-corrected chi connectivity index (χ0v) is 9.57. The standard InChI is InChI=1S/C15H12N2/c1-3-10-4-6-14-12(8-10)13-9-11(16)5-7-15(13)17(14)2/h1,4-9H,16H2,2H3. The Bertz CT molecular complexity index is 773. The summed E-state index contributed by atoms with van der Waals surface area (Å²) in [5, 5.41) is 2.31. The minimum Gasteiger partial charge on any atom is -0.399 e. The number of fused-ring (bicyclic) bond motifs is 3. The fraction of sp³-hybridized carbons (Fsp3) is 0.0667. The number of aryl methyl sites for hydroxylation is 1. The first-order chi connectivity index (χ1) is 8.20. The van der Waals surface area contributed by atoms with Crippen LogP contribution in [0.5, 0.6) is 0 Å². The van der Waals surface area contributed by atoms with Crippen LogP contribution in [0.3, 0.4) is 0 Å². The van der Waals surface area contributed by atoms with Gasteiger partial charge in [-0.1, -0.05) is 5.92 Å². The third-order valence-electron chi connectivity index (χ3n) is 3.20. The number of benzene rings is 2. The zero-order valence-electron chi connectivity index (χ0n) is 9.57. The summed E-state index contributed by atoms with van der Waals surface area (Å²) in [5.41, 5.74) is 9.86. The number of terminal acetylenes is 1. The van der Waals surface area contributed by atoms with Gasteiger partial charge in [-0.25, -0.2) is 0 Å². The summed E-state index contributed by atoms with van der Waals surface area (Å²) in [7, 11) is 2.05. The molecule has 0 aliphatic carbocycles. The number of anilines is 1. The molecule has 2 aromatic carbocycles. The predicted octanol–water partition coefficient (Wildman–Crippen LogP) is 2.90. The van der Waals surface area contributed by atoms with Gasteiger partial charge in [0.25, 0.3) is 0 Å². The molecule has 17 heavy (non-hydrogen) atoms. The van der Waals surface area contributed by atoms with Gasteiger partial charge in [0, 0.05) is 40.1 Å². The van der Waals surface area contributed by atoms with Crippen LogP contribution < -0.4 is 5.73 Å². The molecular weight excluding hydrogens is 208 g/mol. The number of nitrogens with zero attached hydrogens (tertiary/aromatic N) is 1. The van der Waals surface area contributed by atoms with E-state index in [1.807, 2.05) is 30.3 Å². The molecule has 0 aliphatic rings. The molecule has 1 aromatic heterocycles. The maximum atomic E-state index is 5.85. The second kappa shape index (κ2) is 3.29. The normalized spacial score (nSPS) is 10.8. The maximum absolute atomic E-state index is 5.85. The molecule has 0 unspecified atom stereocenters.